The van der Waals surface area contributed by atoms with E-state index in [1.54, 1.807) is 35.8 Å². The molecule has 2 aromatic heterocycles. The van der Waals surface area contributed by atoms with Crippen LogP contribution in [0.3, 0.4) is 0 Å². The summed E-state index contributed by atoms with van der Waals surface area (Å²) in [5.41, 5.74) is 5.52. The zero-order valence-corrected chi connectivity index (χ0v) is 22.2. The zero-order chi connectivity index (χ0) is 27.8. The molecule has 208 valence electrons. The van der Waals surface area contributed by atoms with Crippen molar-refractivity contribution in [1.29, 1.82) is 0 Å². The molecule has 0 aliphatic carbocycles. The number of rotatable bonds is 10. The third-order valence-corrected chi connectivity index (χ3v) is 8.08. The highest BCUT2D eigenvalue weighted by Crippen LogP contribution is 2.57. The Morgan fingerprint density at radius 3 is 2.61 bits per heavy atom. The fourth-order valence-corrected chi connectivity index (χ4v) is 5.72. The molecular formula is C19H25ClN5O11P2+. The maximum Gasteiger partial charge on any atom is 0.481 e. The van der Waals surface area contributed by atoms with Gasteiger partial charge in [-0.05, 0) is 24.3 Å². The highest BCUT2D eigenvalue weighted by molar-refractivity contribution is 7.60. The number of phosphoric acid groups is 2. The number of hydrogen-bond acceptors (Lipinski definition) is 10. The van der Waals surface area contributed by atoms with E-state index in [0.29, 0.717) is 10.8 Å². The highest BCUT2D eigenvalue weighted by Gasteiger charge is 2.46. The number of benzene rings is 1. The van der Waals surface area contributed by atoms with Crippen LogP contribution in [0.15, 0.2) is 35.4 Å². The smallest absolute Gasteiger partial charge is 0.481 e. The minimum absolute atomic E-state index is 0.140. The van der Waals surface area contributed by atoms with Crippen molar-refractivity contribution < 1.29 is 51.8 Å². The van der Waals surface area contributed by atoms with E-state index in [2.05, 4.69) is 18.8 Å². The molecule has 1 aliphatic rings. The number of anilines is 1. The van der Waals surface area contributed by atoms with E-state index in [1.807, 2.05) is 0 Å². The lowest BCUT2D eigenvalue weighted by atomic mass is 10.0. The largest absolute Gasteiger partial charge is 0.490 e. The number of nitrogens with zero attached hydrogens (tertiary/aromatic N) is 3. The molecule has 4 rings (SSSR count). The monoisotopic (exact) mass is 596 g/mol. The third-order valence-electron chi connectivity index (χ3n) is 5.67. The second-order valence-corrected chi connectivity index (χ2v) is 11.7. The molecule has 1 aromatic carbocycles. The van der Waals surface area contributed by atoms with Crippen molar-refractivity contribution in [3.05, 3.63) is 46.0 Å². The number of halogens is 1. The summed E-state index contributed by atoms with van der Waals surface area (Å²) in [6, 6.07) is 6.73. The van der Waals surface area contributed by atoms with Gasteiger partial charge < -0.3 is 35.0 Å². The van der Waals surface area contributed by atoms with Crippen molar-refractivity contribution in [3.8, 4) is 5.75 Å². The number of aliphatic hydroxyl groups is 1. The van der Waals surface area contributed by atoms with Crippen LogP contribution < -0.4 is 20.6 Å². The van der Waals surface area contributed by atoms with Gasteiger partial charge in [0.05, 0.1) is 12.7 Å². The van der Waals surface area contributed by atoms with Gasteiger partial charge in [0.25, 0.3) is 11.5 Å². The number of phosphoric ester groups is 1. The topological polar surface area (TPSA) is 233 Å². The van der Waals surface area contributed by atoms with Crippen LogP contribution in [0.5, 0.6) is 5.75 Å². The van der Waals surface area contributed by atoms with E-state index in [9.17, 15) is 23.9 Å². The quantitative estimate of drug-likeness (QED) is 0.138. The van der Waals surface area contributed by atoms with Crippen LogP contribution >= 0.6 is 27.2 Å². The van der Waals surface area contributed by atoms with Crippen LogP contribution in [0.4, 0.5) is 5.95 Å². The SMILES string of the molecule is C[C@@H]1[C@H](O)[C@@H](COP(=O)(O)OP(=O)(O)O)O[C@H]1[n+]1cn(CCOc2ccc(Cl)cc2)c2c(=O)[nH]c(N)nc21. The standard InChI is InChI=1S/C19H24ClN5O11P2/c1-10-15(26)13(8-34-38(31,32)36-37(28,29)30)35-18(10)25-9-24(14-16(25)22-19(21)23-17(14)27)6-7-33-12-4-2-11(20)3-5-12/h2-5,9-10,13,15,18,26H,6-8H2,1H3,(H5-,21,22,23,27,28,29,30,31,32)/p+1/t10-,13-,15+,18-/m1/s1. The molecule has 0 radical (unpaired) electrons. The molecule has 3 aromatic rings. The maximum absolute atomic E-state index is 12.7. The molecule has 0 spiro atoms. The summed E-state index contributed by atoms with van der Waals surface area (Å²) in [6.07, 6.45) is -1.85. The van der Waals surface area contributed by atoms with Gasteiger partial charge in [0.1, 0.15) is 25.0 Å². The maximum atomic E-state index is 12.7. The average Bonchev–Trinajstić information content (AvgIpc) is 3.29. The van der Waals surface area contributed by atoms with Crippen LogP contribution in [-0.2, 0) is 29.2 Å². The first-order valence-corrected chi connectivity index (χ1v) is 14.4. The number of nitrogens with two attached hydrogens (primary N) is 1. The Balaban J connectivity index is 1.56. The summed E-state index contributed by atoms with van der Waals surface area (Å²) in [5.74, 6) is -0.244. The molecule has 1 fully saturated rings. The lowest BCUT2D eigenvalue weighted by molar-refractivity contribution is -0.745. The van der Waals surface area contributed by atoms with Gasteiger partial charge in [0, 0.05) is 10.9 Å². The van der Waals surface area contributed by atoms with Crippen LogP contribution in [0.1, 0.15) is 13.2 Å². The second-order valence-electron chi connectivity index (χ2n) is 8.39. The number of fused-ring (bicyclic) bond motifs is 1. The van der Waals surface area contributed by atoms with E-state index >= 15 is 0 Å². The van der Waals surface area contributed by atoms with E-state index in [4.69, 9.17) is 36.6 Å². The molecule has 5 atom stereocenters. The van der Waals surface area contributed by atoms with E-state index in [-0.39, 0.29) is 30.3 Å². The molecular weight excluding hydrogens is 572 g/mol. The first-order valence-electron chi connectivity index (χ1n) is 11.0. The van der Waals surface area contributed by atoms with E-state index in [0.717, 1.165) is 0 Å². The normalized spacial score (nSPS) is 23.5. The third kappa shape index (κ3) is 6.61. The van der Waals surface area contributed by atoms with Gasteiger partial charge in [0.2, 0.25) is 5.52 Å². The van der Waals surface area contributed by atoms with Gasteiger partial charge in [-0.1, -0.05) is 23.5 Å². The van der Waals surface area contributed by atoms with Gasteiger partial charge in [-0.3, -0.25) is 18.9 Å². The summed E-state index contributed by atoms with van der Waals surface area (Å²) in [7, 11) is -10.5. The van der Waals surface area contributed by atoms with Crippen molar-refractivity contribution in [2.45, 2.75) is 31.9 Å². The number of nitrogen functional groups attached to an aromatic ring is 1. The Hall–Kier alpha value is -2.36. The van der Waals surface area contributed by atoms with E-state index < -0.39 is 52.2 Å². The summed E-state index contributed by atoms with van der Waals surface area (Å²) >= 11 is 5.88. The Labute approximate surface area is 219 Å². The number of aromatic amines is 1. The fraction of sp³-hybridized carbons (Fsp3) is 0.421. The summed E-state index contributed by atoms with van der Waals surface area (Å²) in [5, 5.41) is 11.2. The van der Waals surface area contributed by atoms with Gasteiger partial charge in [-0.25, -0.2) is 13.7 Å². The van der Waals surface area contributed by atoms with Gasteiger partial charge in [-0.2, -0.15) is 4.31 Å². The highest BCUT2D eigenvalue weighted by atomic mass is 35.5. The Kier molecular flexibility index (Phi) is 8.31. The summed E-state index contributed by atoms with van der Waals surface area (Å²) < 4.78 is 45.6. The van der Waals surface area contributed by atoms with E-state index in [1.165, 1.54) is 10.9 Å². The molecule has 0 bridgehead atoms. The molecule has 0 saturated carbocycles. The van der Waals surface area contributed by atoms with Crippen molar-refractivity contribution in [2.24, 2.45) is 5.92 Å². The molecule has 1 saturated heterocycles. The van der Waals surface area contributed by atoms with Crippen LogP contribution in [0.2, 0.25) is 5.02 Å². The number of nitrogens with one attached hydrogen (secondary N) is 1. The molecule has 19 heteroatoms. The summed E-state index contributed by atoms with van der Waals surface area (Å²) in [6.45, 7) is 1.27. The average molecular weight is 597 g/mol. The predicted octanol–water partition coefficient (Wildman–Crippen LogP) is 0.447. The first-order chi connectivity index (χ1) is 17.7. The van der Waals surface area contributed by atoms with Crippen molar-refractivity contribution in [3.63, 3.8) is 0 Å². The minimum Gasteiger partial charge on any atom is -0.490 e. The predicted molar refractivity (Wildman–Crippen MR) is 130 cm³/mol. The molecule has 7 N–H and O–H groups in total. The number of aliphatic hydroxyl groups excluding tert-OH is 1. The molecule has 16 nitrogen and oxygen atoms in total. The number of H-pyrrole nitrogens is 1. The lowest BCUT2D eigenvalue weighted by Gasteiger charge is -2.17. The van der Waals surface area contributed by atoms with Gasteiger partial charge in [-0.15, -0.1) is 0 Å². The van der Waals surface area contributed by atoms with Gasteiger partial charge >= 0.3 is 21.3 Å². The Morgan fingerprint density at radius 1 is 1.26 bits per heavy atom. The van der Waals surface area contributed by atoms with Crippen molar-refractivity contribution in [2.75, 3.05) is 18.9 Å². The molecule has 1 unspecified atom stereocenters. The van der Waals surface area contributed by atoms with Crippen molar-refractivity contribution in [1.82, 2.24) is 14.5 Å². The van der Waals surface area contributed by atoms with Crippen LogP contribution in [0.25, 0.3) is 11.2 Å². The lowest BCUT2D eigenvalue weighted by Crippen LogP contribution is -2.43. The number of aromatic nitrogens is 4. The van der Waals surface area contributed by atoms with Crippen molar-refractivity contribution >= 4 is 44.4 Å². The second kappa shape index (κ2) is 11.0. The number of hydrogen-bond donors (Lipinski definition) is 6. The fourth-order valence-electron chi connectivity index (χ4n) is 4.00. The van der Waals surface area contributed by atoms with Crippen LogP contribution in [0, 0.1) is 5.92 Å². The minimum atomic E-state index is -5.32. The first kappa shape index (κ1) is 28.6. The Bertz CT molecular complexity index is 1460. The summed E-state index contributed by atoms with van der Waals surface area (Å²) in [4.78, 5) is 46.4. The molecule has 38 heavy (non-hydrogen) atoms. The van der Waals surface area contributed by atoms with Gasteiger partial charge in [0.15, 0.2) is 12.6 Å². The zero-order valence-electron chi connectivity index (χ0n) is 19.7. The molecule has 3 heterocycles. The Morgan fingerprint density at radius 2 is 1.95 bits per heavy atom. The van der Waals surface area contributed by atoms with Crippen LogP contribution in [-0.4, -0.2) is 59.7 Å². The molecule has 1 aliphatic heterocycles. The number of imidazole rings is 1. The number of ether oxygens (including phenoxy) is 2. The molecule has 0 amide bonds.